The van der Waals surface area contributed by atoms with Crippen molar-refractivity contribution < 1.29 is 9.59 Å². The van der Waals surface area contributed by atoms with Crippen LogP contribution in [0, 0.1) is 29.6 Å². The number of β-lactam (4-membered cyclic amide) rings is 1. The van der Waals surface area contributed by atoms with Crippen LogP contribution in [0.4, 0.5) is 0 Å². The van der Waals surface area contributed by atoms with Gasteiger partial charge < -0.3 is 0 Å². The van der Waals surface area contributed by atoms with Crippen molar-refractivity contribution in [3.05, 3.63) is 35.9 Å². The molecule has 24 heavy (non-hydrogen) atoms. The number of fused-ring (bicyclic) bond motifs is 2. The van der Waals surface area contributed by atoms with E-state index in [1.165, 1.54) is 12.8 Å². The molecule has 6 atom stereocenters. The lowest BCUT2D eigenvalue weighted by Crippen LogP contribution is -2.55. The predicted molar refractivity (Wildman–Crippen MR) is 92.9 cm³/mol. The first-order valence-corrected chi connectivity index (χ1v) is 9.45. The molecule has 0 N–H and O–H groups in total. The number of benzene rings is 1. The van der Waals surface area contributed by atoms with Gasteiger partial charge in [0.25, 0.3) is 0 Å². The van der Waals surface area contributed by atoms with Crippen molar-refractivity contribution >= 4 is 11.8 Å². The molecule has 3 fully saturated rings. The van der Waals surface area contributed by atoms with Gasteiger partial charge in [-0.05, 0) is 54.9 Å². The Morgan fingerprint density at radius 1 is 1.04 bits per heavy atom. The maximum Gasteiger partial charge on any atom is 0.233 e. The molecule has 0 radical (unpaired) electrons. The summed E-state index contributed by atoms with van der Waals surface area (Å²) in [5.74, 6) is 2.53. The standard InChI is InChI=1S/C21H27NO2/c1-13-8-15-10-14(2)20(17(9-13)11-15)21(24)22-18(12-19(22)23)16-6-4-3-5-7-16/h3-7,13-15,17-18,20H,8-12H2,1-2H3/t13?,14?,15?,17?,18-,20?/m0/s1. The van der Waals surface area contributed by atoms with Crippen molar-refractivity contribution in [3.8, 4) is 0 Å². The van der Waals surface area contributed by atoms with E-state index in [9.17, 15) is 9.59 Å². The molecular formula is C21H27NO2. The average molecular weight is 325 g/mol. The number of imide groups is 1. The van der Waals surface area contributed by atoms with Crippen molar-refractivity contribution in [2.24, 2.45) is 29.6 Å². The minimum Gasteiger partial charge on any atom is -0.274 e. The van der Waals surface area contributed by atoms with Gasteiger partial charge in [0, 0.05) is 5.92 Å². The van der Waals surface area contributed by atoms with Crippen LogP contribution in [0.2, 0.25) is 0 Å². The monoisotopic (exact) mass is 325 g/mol. The molecule has 4 rings (SSSR count). The fourth-order valence-corrected chi connectivity index (χ4v) is 5.67. The van der Waals surface area contributed by atoms with Crippen molar-refractivity contribution in [1.82, 2.24) is 4.90 Å². The molecule has 1 aromatic rings. The van der Waals surface area contributed by atoms with Crippen molar-refractivity contribution in [2.75, 3.05) is 0 Å². The number of hydrogen-bond acceptors (Lipinski definition) is 2. The quantitative estimate of drug-likeness (QED) is 0.604. The van der Waals surface area contributed by atoms with Crippen LogP contribution in [0.15, 0.2) is 30.3 Å². The van der Waals surface area contributed by atoms with E-state index in [-0.39, 0.29) is 23.8 Å². The highest BCUT2D eigenvalue weighted by Crippen LogP contribution is 2.50. The average Bonchev–Trinajstić information content (AvgIpc) is 2.52. The SMILES string of the molecule is CC1CC2CC(C)C(C(=O)N3C(=O)C[C@H]3c3ccccc3)C(C1)C2. The fourth-order valence-electron chi connectivity index (χ4n) is 5.67. The molecule has 0 aromatic heterocycles. The second-order valence-corrected chi connectivity index (χ2v) is 8.41. The maximum absolute atomic E-state index is 13.3. The molecule has 3 nitrogen and oxygen atoms in total. The molecule has 128 valence electrons. The summed E-state index contributed by atoms with van der Waals surface area (Å²) in [5.41, 5.74) is 1.09. The highest BCUT2D eigenvalue weighted by atomic mass is 16.2. The van der Waals surface area contributed by atoms with E-state index in [2.05, 4.69) is 13.8 Å². The summed E-state index contributed by atoms with van der Waals surface area (Å²) in [6.07, 6.45) is 5.27. The molecule has 1 aromatic carbocycles. The molecule has 3 aliphatic rings. The molecule has 2 amide bonds. The van der Waals surface area contributed by atoms with E-state index in [0.29, 0.717) is 24.2 Å². The summed E-state index contributed by atoms with van der Waals surface area (Å²) in [6, 6.07) is 9.95. The molecule has 3 heteroatoms. The minimum atomic E-state index is -0.0443. The number of hydrogen-bond donors (Lipinski definition) is 0. The Labute approximate surface area is 144 Å². The van der Waals surface area contributed by atoms with Crippen LogP contribution in [0.5, 0.6) is 0 Å². The Kier molecular flexibility index (Phi) is 3.98. The number of carbonyl (C=O) groups is 2. The molecule has 2 aliphatic carbocycles. The highest BCUT2D eigenvalue weighted by Gasteiger charge is 2.50. The first kappa shape index (κ1) is 15.9. The summed E-state index contributed by atoms with van der Waals surface area (Å²) in [5, 5.41) is 0. The number of nitrogens with zero attached hydrogens (tertiary/aromatic N) is 1. The highest BCUT2D eigenvalue weighted by molar-refractivity contribution is 6.01. The Balaban J connectivity index is 1.56. The molecule has 1 aliphatic heterocycles. The summed E-state index contributed by atoms with van der Waals surface area (Å²) in [6.45, 7) is 4.54. The third-order valence-electron chi connectivity index (χ3n) is 6.56. The molecule has 2 saturated carbocycles. The van der Waals surface area contributed by atoms with Gasteiger partial charge in [0.05, 0.1) is 12.5 Å². The van der Waals surface area contributed by atoms with E-state index < -0.39 is 0 Å². The molecule has 5 unspecified atom stereocenters. The third kappa shape index (κ3) is 2.58. The summed E-state index contributed by atoms with van der Waals surface area (Å²) in [7, 11) is 0. The lowest BCUT2D eigenvalue weighted by atomic mass is 9.59. The molecule has 0 spiro atoms. The van der Waals surface area contributed by atoms with E-state index in [1.54, 1.807) is 4.90 Å². The van der Waals surface area contributed by atoms with Gasteiger partial charge in [-0.15, -0.1) is 0 Å². The largest absolute Gasteiger partial charge is 0.274 e. The van der Waals surface area contributed by atoms with Crippen molar-refractivity contribution in [2.45, 2.75) is 52.0 Å². The Morgan fingerprint density at radius 3 is 2.50 bits per heavy atom. The first-order valence-electron chi connectivity index (χ1n) is 9.45. The first-order chi connectivity index (χ1) is 11.5. The summed E-state index contributed by atoms with van der Waals surface area (Å²) < 4.78 is 0. The number of carbonyl (C=O) groups excluding carboxylic acids is 2. The van der Waals surface area contributed by atoms with Crippen LogP contribution in [0.25, 0.3) is 0 Å². The fraction of sp³-hybridized carbons (Fsp3) is 0.619. The maximum atomic E-state index is 13.3. The van der Waals surface area contributed by atoms with E-state index in [1.807, 2.05) is 30.3 Å². The molecular weight excluding hydrogens is 298 g/mol. The van der Waals surface area contributed by atoms with Gasteiger partial charge in [0.2, 0.25) is 11.8 Å². The molecule has 2 bridgehead atoms. The van der Waals surface area contributed by atoms with E-state index in [0.717, 1.165) is 24.3 Å². The van der Waals surface area contributed by atoms with Crippen molar-refractivity contribution in [3.63, 3.8) is 0 Å². The van der Waals surface area contributed by atoms with Gasteiger partial charge in [-0.2, -0.15) is 0 Å². The zero-order valence-corrected chi connectivity index (χ0v) is 14.7. The van der Waals surface area contributed by atoms with Gasteiger partial charge >= 0.3 is 0 Å². The Hall–Kier alpha value is -1.64. The number of likely N-dealkylation sites (tertiary alicyclic amines) is 1. The van der Waals surface area contributed by atoms with Gasteiger partial charge in [-0.25, -0.2) is 0 Å². The van der Waals surface area contributed by atoms with Crippen LogP contribution < -0.4 is 0 Å². The van der Waals surface area contributed by atoms with Gasteiger partial charge in [0.15, 0.2) is 0 Å². The topological polar surface area (TPSA) is 37.4 Å². The normalized spacial score (nSPS) is 38.6. The lowest BCUT2D eigenvalue weighted by molar-refractivity contribution is -0.165. The van der Waals surface area contributed by atoms with Crippen LogP contribution in [0.3, 0.4) is 0 Å². The number of amides is 2. The van der Waals surface area contributed by atoms with Gasteiger partial charge in [-0.1, -0.05) is 44.2 Å². The van der Waals surface area contributed by atoms with Crippen LogP contribution in [-0.2, 0) is 9.59 Å². The molecule has 1 heterocycles. The van der Waals surface area contributed by atoms with Crippen LogP contribution >= 0.6 is 0 Å². The number of rotatable bonds is 2. The predicted octanol–water partition coefficient (Wildman–Crippen LogP) is 4.20. The van der Waals surface area contributed by atoms with Gasteiger partial charge in [-0.3, -0.25) is 14.5 Å². The van der Waals surface area contributed by atoms with Crippen molar-refractivity contribution in [1.29, 1.82) is 0 Å². The third-order valence-corrected chi connectivity index (χ3v) is 6.56. The second-order valence-electron chi connectivity index (χ2n) is 8.41. The summed E-state index contributed by atoms with van der Waals surface area (Å²) in [4.78, 5) is 27.1. The van der Waals surface area contributed by atoms with Crippen LogP contribution in [0.1, 0.15) is 57.6 Å². The Morgan fingerprint density at radius 2 is 1.79 bits per heavy atom. The van der Waals surface area contributed by atoms with Crippen LogP contribution in [-0.4, -0.2) is 16.7 Å². The minimum absolute atomic E-state index is 0.00651. The molecule has 1 saturated heterocycles. The van der Waals surface area contributed by atoms with Gasteiger partial charge in [0.1, 0.15) is 0 Å². The smallest absolute Gasteiger partial charge is 0.233 e. The summed E-state index contributed by atoms with van der Waals surface area (Å²) >= 11 is 0. The van der Waals surface area contributed by atoms with E-state index in [4.69, 9.17) is 0 Å². The zero-order chi connectivity index (χ0) is 16.8. The second kappa shape index (κ2) is 6.02. The zero-order valence-electron chi connectivity index (χ0n) is 14.7. The lowest BCUT2D eigenvalue weighted by Gasteiger charge is -2.49. The van der Waals surface area contributed by atoms with E-state index >= 15 is 0 Å². The Bertz CT molecular complexity index is 636.